The normalized spacial score (nSPS) is 32.7. The van der Waals surface area contributed by atoms with Crippen molar-refractivity contribution in [2.45, 2.75) is 50.2 Å². The standard InChI is InChI=1S/C23H32N6O2/c1-15-6-8-17(14-24-15)25-21-20(19-9-7-16-4-2-3-5-18(16)26-19)22(30)28-23(27-21)29-10-12-31-13-11-29/h2-5,7,9,15,17,20-21,23-25,27H,6,8,10-14H2,1H3,(H,28,30)/t15-,17+,20?,21?,23?/m0/s1. The lowest BCUT2D eigenvalue weighted by atomic mass is 9.94. The fourth-order valence-electron chi connectivity index (χ4n) is 4.82. The number of carbonyl (C=O) groups is 1. The Morgan fingerprint density at radius 3 is 2.77 bits per heavy atom. The maximum atomic E-state index is 13.4. The van der Waals surface area contributed by atoms with Crippen LogP contribution in [0, 0.1) is 0 Å². The number of nitrogens with one attached hydrogen (secondary N) is 4. The Kier molecular flexibility index (Phi) is 6.15. The van der Waals surface area contributed by atoms with E-state index in [1.165, 1.54) is 0 Å². The highest BCUT2D eigenvalue weighted by atomic mass is 16.5. The number of morpholine rings is 1. The molecule has 2 aromatic rings. The number of fused-ring (bicyclic) bond motifs is 1. The maximum absolute atomic E-state index is 13.4. The molecule has 0 radical (unpaired) electrons. The van der Waals surface area contributed by atoms with Gasteiger partial charge in [0.2, 0.25) is 5.91 Å². The number of benzene rings is 1. The molecule has 0 bridgehead atoms. The summed E-state index contributed by atoms with van der Waals surface area (Å²) in [5.41, 5.74) is 1.70. The molecule has 0 spiro atoms. The van der Waals surface area contributed by atoms with Gasteiger partial charge in [-0.25, -0.2) is 0 Å². The number of hydrogen-bond acceptors (Lipinski definition) is 7. The first-order valence-electron chi connectivity index (χ1n) is 11.4. The van der Waals surface area contributed by atoms with Crippen molar-refractivity contribution in [3.05, 3.63) is 42.1 Å². The molecule has 4 heterocycles. The predicted molar refractivity (Wildman–Crippen MR) is 119 cm³/mol. The van der Waals surface area contributed by atoms with Gasteiger partial charge in [0, 0.05) is 37.1 Å². The molecule has 3 aliphatic heterocycles. The van der Waals surface area contributed by atoms with Crippen molar-refractivity contribution in [1.29, 1.82) is 0 Å². The van der Waals surface area contributed by atoms with E-state index in [4.69, 9.17) is 9.72 Å². The number of para-hydroxylation sites is 1. The molecular formula is C23H32N6O2. The molecule has 8 heteroatoms. The van der Waals surface area contributed by atoms with Gasteiger partial charge in [0.05, 0.1) is 30.6 Å². The number of rotatable bonds is 4. The summed E-state index contributed by atoms with van der Waals surface area (Å²) in [6, 6.07) is 12.9. The zero-order valence-electron chi connectivity index (χ0n) is 18.0. The van der Waals surface area contributed by atoms with E-state index in [1.807, 2.05) is 30.3 Å². The summed E-state index contributed by atoms with van der Waals surface area (Å²) >= 11 is 0. The van der Waals surface area contributed by atoms with E-state index in [-0.39, 0.29) is 18.4 Å². The fraction of sp³-hybridized carbons (Fsp3) is 0.565. The van der Waals surface area contributed by atoms with Crippen LogP contribution in [-0.4, -0.2) is 73.2 Å². The largest absolute Gasteiger partial charge is 0.379 e. The van der Waals surface area contributed by atoms with Gasteiger partial charge in [-0.15, -0.1) is 0 Å². The third-order valence-corrected chi connectivity index (χ3v) is 6.66. The van der Waals surface area contributed by atoms with Crippen LogP contribution >= 0.6 is 0 Å². The molecule has 5 rings (SSSR count). The van der Waals surface area contributed by atoms with Crippen molar-refractivity contribution in [1.82, 2.24) is 31.2 Å². The molecule has 3 unspecified atom stereocenters. The van der Waals surface area contributed by atoms with Crippen LogP contribution in [0.25, 0.3) is 10.9 Å². The number of hydrogen-bond donors (Lipinski definition) is 4. The van der Waals surface area contributed by atoms with E-state index in [0.29, 0.717) is 25.3 Å². The first-order valence-corrected chi connectivity index (χ1v) is 11.4. The number of nitrogens with zero attached hydrogens (tertiary/aromatic N) is 2. The lowest BCUT2D eigenvalue weighted by molar-refractivity contribution is -0.131. The van der Waals surface area contributed by atoms with Crippen LogP contribution < -0.4 is 21.3 Å². The van der Waals surface area contributed by atoms with Crippen LogP contribution in [0.15, 0.2) is 36.4 Å². The highest BCUT2D eigenvalue weighted by molar-refractivity contribution is 5.86. The first-order chi connectivity index (χ1) is 15.2. The van der Waals surface area contributed by atoms with E-state index >= 15 is 0 Å². The molecule has 1 aromatic heterocycles. The minimum Gasteiger partial charge on any atom is -0.379 e. The summed E-state index contributed by atoms with van der Waals surface area (Å²) < 4.78 is 5.49. The van der Waals surface area contributed by atoms with E-state index in [9.17, 15) is 4.79 Å². The van der Waals surface area contributed by atoms with Gasteiger partial charge >= 0.3 is 0 Å². The van der Waals surface area contributed by atoms with Gasteiger partial charge in [-0.3, -0.25) is 25.3 Å². The van der Waals surface area contributed by atoms with Gasteiger partial charge in [-0.05, 0) is 31.9 Å². The Bertz CT molecular complexity index is 910. The summed E-state index contributed by atoms with van der Waals surface area (Å²) in [7, 11) is 0. The van der Waals surface area contributed by atoms with Crippen molar-refractivity contribution < 1.29 is 9.53 Å². The zero-order chi connectivity index (χ0) is 21.2. The highest BCUT2D eigenvalue weighted by Crippen LogP contribution is 2.25. The van der Waals surface area contributed by atoms with Crippen LogP contribution in [-0.2, 0) is 9.53 Å². The predicted octanol–water partition coefficient (Wildman–Crippen LogP) is 0.710. The second-order valence-corrected chi connectivity index (χ2v) is 8.86. The molecule has 166 valence electrons. The quantitative estimate of drug-likeness (QED) is 0.575. The van der Waals surface area contributed by atoms with Crippen LogP contribution in [0.4, 0.5) is 0 Å². The Morgan fingerprint density at radius 2 is 1.97 bits per heavy atom. The summed E-state index contributed by atoms with van der Waals surface area (Å²) in [5.74, 6) is -0.395. The molecule has 3 fully saturated rings. The molecule has 5 atom stereocenters. The Hall–Kier alpha value is -2.10. The molecule has 0 aliphatic carbocycles. The average Bonchev–Trinajstić information content (AvgIpc) is 2.81. The summed E-state index contributed by atoms with van der Waals surface area (Å²) in [6.07, 6.45) is 1.81. The van der Waals surface area contributed by atoms with E-state index in [0.717, 1.165) is 49.1 Å². The molecular weight excluding hydrogens is 392 g/mol. The Morgan fingerprint density at radius 1 is 1.13 bits per heavy atom. The lowest BCUT2D eigenvalue weighted by Gasteiger charge is -2.45. The third kappa shape index (κ3) is 4.58. The first kappa shape index (κ1) is 20.8. The topological polar surface area (TPSA) is 90.5 Å². The number of carbonyl (C=O) groups excluding carboxylic acids is 1. The minimum atomic E-state index is -0.402. The molecule has 4 N–H and O–H groups in total. The van der Waals surface area contributed by atoms with Gasteiger partial charge in [0.1, 0.15) is 12.2 Å². The molecule has 1 amide bonds. The van der Waals surface area contributed by atoms with Crippen molar-refractivity contribution in [3.8, 4) is 0 Å². The van der Waals surface area contributed by atoms with Gasteiger partial charge in [0.25, 0.3) is 0 Å². The van der Waals surface area contributed by atoms with Gasteiger partial charge in [-0.1, -0.05) is 24.3 Å². The molecule has 3 saturated heterocycles. The third-order valence-electron chi connectivity index (χ3n) is 6.66. The molecule has 1 aromatic carbocycles. The SMILES string of the molecule is C[C@H]1CC[C@@H](NC2NC(N3CCOCC3)NC(=O)C2c2ccc3ccccc3n2)CN1. The maximum Gasteiger partial charge on any atom is 0.234 e. The van der Waals surface area contributed by atoms with Crippen LogP contribution in [0.1, 0.15) is 31.4 Å². The van der Waals surface area contributed by atoms with Gasteiger partial charge in [0.15, 0.2) is 0 Å². The van der Waals surface area contributed by atoms with Crippen molar-refractivity contribution >= 4 is 16.8 Å². The van der Waals surface area contributed by atoms with Crippen LogP contribution in [0.2, 0.25) is 0 Å². The molecule has 8 nitrogen and oxygen atoms in total. The number of amides is 1. The smallest absolute Gasteiger partial charge is 0.234 e. The molecule has 0 saturated carbocycles. The zero-order valence-corrected chi connectivity index (χ0v) is 18.0. The summed E-state index contributed by atoms with van der Waals surface area (Å²) in [4.78, 5) is 20.5. The van der Waals surface area contributed by atoms with E-state index in [1.54, 1.807) is 0 Å². The molecule has 31 heavy (non-hydrogen) atoms. The van der Waals surface area contributed by atoms with Gasteiger partial charge in [-0.2, -0.15) is 0 Å². The Labute approximate surface area is 183 Å². The van der Waals surface area contributed by atoms with Crippen molar-refractivity contribution in [2.75, 3.05) is 32.8 Å². The number of piperidine rings is 1. The minimum absolute atomic E-state index is 0.00709. The molecule has 3 aliphatic rings. The van der Waals surface area contributed by atoms with E-state index in [2.05, 4.69) is 39.2 Å². The second-order valence-electron chi connectivity index (χ2n) is 8.86. The Balaban J connectivity index is 1.41. The number of pyridine rings is 1. The second kappa shape index (κ2) is 9.18. The monoisotopic (exact) mass is 424 g/mol. The number of aromatic nitrogens is 1. The number of ether oxygens (including phenoxy) is 1. The summed E-state index contributed by atoms with van der Waals surface area (Å²) in [6.45, 7) is 6.09. The average molecular weight is 425 g/mol. The van der Waals surface area contributed by atoms with Crippen LogP contribution in [0.3, 0.4) is 0 Å². The van der Waals surface area contributed by atoms with Crippen molar-refractivity contribution in [3.63, 3.8) is 0 Å². The fourth-order valence-corrected chi connectivity index (χ4v) is 4.82. The van der Waals surface area contributed by atoms with Crippen molar-refractivity contribution in [2.24, 2.45) is 0 Å². The van der Waals surface area contributed by atoms with E-state index < -0.39 is 5.92 Å². The summed E-state index contributed by atoms with van der Waals surface area (Å²) in [5, 5.41) is 15.2. The van der Waals surface area contributed by atoms with Gasteiger partial charge < -0.3 is 15.4 Å². The van der Waals surface area contributed by atoms with Crippen LogP contribution in [0.5, 0.6) is 0 Å². The highest BCUT2D eigenvalue weighted by Gasteiger charge is 2.41. The lowest BCUT2D eigenvalue weighted by Crippen LogP contribution is -2.72.